The molecule has 100 valence electrons. The summed E-state index contributed by atoms with van der Waals surface area (Å²) in [6.45, 7) is 5.57. The molecular weight excluding hydrogens is 244 g/mol. The third-order valence-electron chi connectivity index (χ3n) is 3.85. The summed E-state index contributed by atoms with van der Waals surface area (Å²) < 4.78 is 0. The standard InChI is InChI=1S/C14H22N2OS/c1-3-16-8-6-12(7-9-16)15(2)14(17)11-13-5-4-10-18-13/h4-5,10,12H,3,6-9,11H2,1-2H3. The molecule has 2 rings (SSSR count). The molecule has 1 aliphatic rings. The van der Waals surface area contributed by atoms with E-state index in [2.05, 4.69) is 11.8 Å². The Bertz CT molecular complexity index is 369. The number of likely N-dealkylation sites (N-methyl/N-ethyl adjacent to an activating group) is 1. The molecule has 0 radical (unpaired) electrons. The highest BCUT2D eigenvalue weighted by Gasteiger charge is 2.24. The van der Waals surface area contributed by atoms with Crippen molar-refractivity contribution in [1.29, 1.82) is 0 Å². The van der Waals surface area contributed by atoms with Crippen LogP contribution < -0.4 is 0 Å². The Hall–Kier alpha value is -0.870. The van der Waals surface area contributed by atoms with Gasteiger partial charge in [-0.2, -0.15) is 0 Å². The zero-order valence-corrected chi connectivity index (χ0v) is 12.1. The molecule has 1 amide bonds. The van der Waals surface area contributed by atoms with E-state index in [-0.39, 0.29) is 5.91 Å². The molecule has 0 spiro atoms. The first kappa shape index (κ1) is 13.6. The molecule has 1 saturated heterocycles. The molecule has 0 atom stereocenters. The van der Waals surface area contributed by atoms with Gasteiger partial charge < -0.3 is 9.80 Å². The number of nitrogens with zero attached hydrogens (tertiary/aromatic N) is 2. The van der Waals surface area contributed by atoms with Gasteiger partial charge in [0.1, 0.15) is 0 Å². The van der Waals surface area contributed by atoms with Gasteiger partial charge in [0.15, 0.2) is 0 Å². The number of carbonyl (C=O) groups excluding carboxylic acids is 1. The van der Waals surface area contributed by atoms with Crippen LogP contribution in [-0.4, -0.2) is 48.4 Å². The van der Waals surface area contributed by atoms with Gasteiger partial charge in [-0.1, -0.05) is 13.0 Å². The van der Waals surface area contributed by atoms with Crippen LogP contribution in [0, 0.1) is 0 Å². The van der Waals surface area contributed by atoms with Crippen LogP contribution >= 0.6 is 11.3 Å². The van der Waals surface area contributed by atoms with Gasteiger partial charge in [-0.25, -0.2) is 0 Å². The fourth-order valence-corrected chi connectivity index (χ4v) is 3.21. The molecule has 1 aliphatic heterocycles. The van der Waals surface area contributed by atoms with Gasteiger partial charge in [0.2, 0.25) is 5.91 Å². The predicted molar refractivity (Wildman–Crippen MR) is 75.9 cm³/mol. The molecule has 3 nitrogen and oxygen atoms in total. The number of piperidine rings is 1. The number of amides is 1. The number of carbonyl (C=O) groups is 1. The highest BCUT2D eigenvalue weighted by atomic mass is 32.1. The fourth-order valence-electron chi connectivity index (χ4n) is 2.51. The summed E-state index contributed by atoms with van der Waals surface area (Å²) in [5.41, 5.74) is 0. The van der Waals surface area contributed by atoms with Crippen LogP contribution in [0.2, 0.25) is 0 Å². The summed E-state index contributed by atoms with van der Waals surface area (Å²) in [6, 6.07) is 4.48. The second-order valence-electron chi connectivity index (χ2n) is 4.93. The van der Waals surface area contributed by atoms with Crippen LogP contribution in [0.3, 0.4) is 0 Å². The number of likely N-dealkylation sites (tertiary alicyclic amines) is 1. The molecule has 1 aromatic rings. The summed E-state index contributed by atoms with van der Waals surface area (Å²) >= 11 is 1.66. The first-order chi connectivity index (χ1) is 8.70. The quantitative estimate of drug-likeness (QED) is 0.834. The maximum absolute atomic E-state index is 12.2. The van der Waals surface area contributed by atoms with Gasteiger partial charge in [0.05, 0.1) is 6.42 Å². The molecular formula is C14H22N2OS. The van der Waals surface area contributed by atoms with E-state index in [9.17, 15) is 4.79 Å². The van der Waals surface area contributed by atoms with E-state index in [0.717, 1.165) is 37.4 Å². The van der Waals surface area contributed by atoms with Gasteiger partial charge in [0, 0.05) is 31.1 Å². The first-order valence-electron chi connectivity index (χ1n) is 6.71. The minimum atomic E-state index is 0.257. The van der Waals surface area contributed by atoms with Crippen LogP contribution in [0.4, 0.5) is 0 Å². The summed E-state index contributed by atoms with van der Waals surface area (Å²) in [5, 5.41) is 2.03. The van der Waals surface area contributed by atoms with Gasteiger partial charge in [-0.3, -0.25) is 4.79 Å². The molecule has 0 bridgehead atoms. The average Bonchev–Trinajstić information content (AvgIpc) is 2.91. The van der Waals surface area contributed by atoms with E-state index in [1.54, 1.807) is 11.3 Å². The van der Waals surface area contributed by atoms with Crippen LogP contribution in [0.25, 0.3) is 0 Å². The average molecular weight is 266 g/mol. The van der Waals surface area contributed by atoms with E-state index in [1.165, 1.54) is 0 Å². The van der Waals surface area contributed by atoms with Crippen molar-refractivity contribution < 1.29 is 4.79 Å². The monoisotopic (exact) mass is 266 g/mol. The highest BCUT2D eigenvalue weighted by molar-refractivity contribution is 7.10. The number of hydrogen-bond donors (Lipinski definition) is 0. The molecule has 4 heteroatoms. The number of thiophene rings is 1. The van der Waals surface area contributed by atoms with Gasteiger partial charge in [-0.15, -0.1) is 11.3 Å². The van der Waals surface area contributed by atoms with Crippen molar-refractivity contribution in [3.05, 3.63) is 22.4 Å². The van der Waals surface area contributed by atoms with Crippen molar-refractivity contribution in [2.75, 3.05) is 26.7 Å². The third-order valence-corrected chi connectivity index (χ3v) is 4.73. The second-order valence-corrected chi connectivity index (χ2v) is 5.96. The van der Waals surface area contributed by atoms with E-state index >= 15 is 0 Å². The minimum Gasteiger partial charge on any atom is -0.342 e. The number of hydrogen-bond acceptors (Lipinski definition) is 3. The van der Waals surface area contributed by atoms with E-state index in [4.69, 9.17) is 0 Å². The normalized spacial score (nSPS) is 17.9. The first-order valence-corrected chi connectivity index (χ1v) is 7.59. The van der Waals surface area contributed by atoms with Gasteiger partial charge in [0.25, 0.3) is 0 Å². The second kappa shape index (κ2) is 6.34. The molecule has 0 saturated carbocycles. The topological polar surface area (TPSA) is 23.6 Å². The van der Waals surface area contributed by atoms with Crippen LogP contribution in [0.15, 0.2) is 17.5 Å². The summed E-state index contributed by atoms with van der Waals surface area (Å²) in [5.74, 6) is 0.257. The zero-order valence-electron chi connectivity index (χ0n) is 11.3. The summed E-state index contributed by atoms with van der Waals surface area (Å²) in [7, 11) is 1.96. The molecule has 18 heavy (non-hydrogen) atoms. The maximum atomic E-state index is 12.2. The molecule has 0 N–H and O–H groups in total. The Morgan fingerprint density at radius 3 is 2.78 bits per heavy atom. The van der Waals surface area contributed by atoms with Crippen molar-refractivity contribution in [3.63, 3.8) is 0 Å². The summed E-state index contributed by atoms with van der Waals surface area (Å²) in [6.07, 6.45) is 2.78. The largest absolute Gasteiger partial charge is 0.342 e. The van der Waals surface area contributed by atoms with Crippen molar-refractivity contribution in [3.8, 4) is 0 Å². The SMILES string of the molecule is CCN1CCC(N(C)C(=O)Cc2cccs2)CC1. The van der Waals surface area contributed by atoms with Gasteiger partial charge in [-0.05, 0) is 30.8 Å². The Morgan fingerprint density at radius 1 is 1.50 bits per heavy atom. The van der Waals surface area contributed by atoms with Gasteiger partial charge >= 0.3 is 0 Å². The predicted octanol–water partition coefficient (Wildman–Crippen LogP) is 2.23. The third kappa shape index (κ3) is 3.33. The number of rotatable bonds is 4. The van der Waals surface area contributed by atoms with Crippen molar-refractivity contribution in [2.24, 2.45) is 0 Å². The molecule has 0 aliphatic carbocycles. The highest BCUT2D eigenvalue weighted by Crippen LogP contribution is 2.17. The van der Waals surface area contributed by atoms with Crippen LogP contribution in [-0.2, 0) is 11.2 Å². The molecule has 0 aromatic carbocycles. The minimum absolute atomic E-state index is 0.257. The molecule has 1 fully saturated rings. The Balaban J connectivity index is 1.83. The maximum Gasteiger partial charge on any atom is 0.227 e. The lowest BCUT2D eigenvalue weighted by molar-refractivity contribution is -0.132. The molecule has 0 unspecified atom stereocenters. The Kier molecular flexibility index (Phi) is 4.78. The van der Waals surface area contributed by atoms with Crippen molar-refractivity contribution >= 4 is 17.2 Å². The smallest absolute Gasteiger partial charge is 0.227 e. The lowest BCUT2D eigenvalue weighted by Gasteiger charge is -2.36. The lowest BCUT2D eigenvalue weighted by Crippen LogP contribution is -2.45. The summed E-state index contributed by atoms with van der Waals surface area (Å²) in [4.78, 5) is 17.8. The van der Waals surface area contributed by atoms with Crippen molar-refractivity contribution in [2.45, 2.75) is 32.2 Å². The zero-order chi connectivity index (χ0) is 13.0. The van der Waals surface area contributed by atoms with Crippen LogP contribution in [0.5, 0.6) is 0 Å². The fraction of sp³-hybridized carbons (Fsp3) is 0.643. The molecule has 2 heterocycles. The van der Waals surface area contributed by atoms with E-state index in [1.807, 2.05) is 29.5 Å². The lowest BCUT2D eigenvalue weighted by atomic mass is 10.0. The Labute approximate surface area is 113 Å². The van der Waals surface area contributed by atoms with Crippen molar-refractivity contribution in [1.82, 2.24) is 9.80 Å². The Morgan fingerprint density at radius 2 is 2.22 bits per heavy atom. The molecule has 1 aromatic heterocycles. The van der Waals surface area contributed by atoms with Crippen LogP contribution in [0.1, 0.15) is 24.6 Å². The van der Waals surface area contributed by atoms with E-state index in [0.29, 0.717) is 12.5 Å². The van der Waals surface area contributed by atoms with E-state index < -0.39 is 0 Å².